The van der Waals surface area contributed by atoms with Gasteiger partial charge >= 0.3 is 0 Å². The largest absolute Gasteiger partial charge is 0.507 e. The van der Waals surface area contributed by atoms with Crippen LogP contribution in [0.15, 0.2) is 48.5 Å². The summed E-state index contributed by atoms with van der Waals surface area (Å²) >= 11 is 6.58. The van der Waals surface area contributed by atoms with Gasteiger partial charge in [-0.2, -0.15) is 0 Å². The van der Waals surface area contributed by atoms with Gasteiger partial charge in [0.2, 0.25) is 0 Å². The second-order valence-corrected chi connectivity index (χ2v) is 11.1. The second kappa shape index (κ2) is 10.2. The normalized spacial score (nSPS) is 18.6. The molecule has 6 rings (SSSR count). The maximum atomic E-state index is 16.3. The zero-order valence-electron chi connectivity index (χ0n) is 21.9. The fourth-order valence-corrected chi connectivity index (χ4v) is 6.07. The molecule has 0 spiro atoms. The number of hydrogen-bond donors (Lipinski definition) is 2. The van der Waals surface area contributed by atoms with Gasteiger partial charge in [0.15, 0.2) is 5.82 Å². The molecule has 2 aliphatic rings. The molecule has 3 heterocycles. The van der Waals surface area contributed by atoms with Crippen molar-refractivity contribution in [3.8, 4) is 16.9 Å². The standard InChI is InChI=1S/C30H30ClF2N5O/c1-37(2)20-6-3-5-17(13-20)9-12-25-35-29-21(30(36-25)38-15-18-10-11-19(16-38)34-18)14-22(31)26(28(29)33)27-23(32)7-4-8-24(27)39/h3-8,13-14,18-19,34,39H,9-12,15-16H2,1-2H3/t18-,19+. The van der Waals surface area contributed by atoms with E-state index in [1.165, 1.54) is 18.2 Å². The molecule has 3 aromatic carbocycles. The number of aromatic nitrogens is 2. The molecular formula is C30H30ClF2N5O. The lowest BCUT2D eigenvalue weighted by Gasteiger charge is -2.34. The van der Waals surface area contributed by atoms with E-state index in [2.05, 4.69) is 27.3 Å². The van der Waals surface area contributed by atoms with Gasteiger partial charge in [0.1, 0.15) is 28.7 Å². The summed E-state index contributed by atoms with van der Waals surface area (Å²) in [4.78, 5) is 13.8. The fraction of sp³-hybridized carbons (Fsp3) is 0.333. The highest BCUT2D eigenvalue weighted by Crippen LogP contribution is 2.42. The Morgan fingerprint density at radius 2 is 1.74 bits per heavy atom. The second-order valence-electron chi connectivity index (χ2n) is 10.6. The van der Waals surface area contributed by atoms with E-state index < -0.39 is 11.6 Å². The average molecular weight is 550 g/mol. The van der Waals surface area contributed by atoms with Gasteiger partial charge in [-0.05, 0) is 55.2 Å². The number of hydrogen-bond acceptors (Lipinski definition) is 6. The Balaban J connectivity index is 1.47. The summed E-state index contributed by atoms with van der Waals surface area (Å²) in [6.45, 7) is 1.50. The Hall–Kier alpha value is -3.49. The zero-order valence-corrected chi connectivity index (χ0v) is 22.6. The van der Waals surface area contributed by atoms with E-state index >= 15 is 4.39 Å². The van der Waals surface area contributed by atoms with Gasteiger partial charge in [-0.3, -0.25) is 0 Å². The predicted molar refractivity (Wildman–Crippen MR) is 152 cm³/mol. The highest BCUT2D eigenvalue weighted by atomic mass is 35.5. The monoisotopic (exact) mass is 549 g/mol. The predicted octanol–water partition coefficient (Wildman–Crippen LogP) is 5.73. The number of nitrogens with one attached hydrogen (secondary N) is 1. The molecule has 0 amide bonds. The number of halogens is 3. The van der Waals surface area contributed by atoms with Gasteiger partial charge in [-0.15, -0.1) is 0 Å². The molecule has 0 radical (unpaired) electrons. The van der Waals surface area contributed by atoms with Crippen LogP contribution in [0.5, 0.6) is 5.75 Å². The Morgan fingerprint density at radius 1 is 1.00 bits per heavy atom. The van der Waals surface area contributed by atoms with Crippen LogP contribution >= 0.6 is 11.6 Å². The number of phenols is 1. The zero-order chi connectivity index (χ0) is 27.3. The molecule has 2 atom stereocenters. The molecule has 6 nitrogen and oxygen atoms in total. The highest BCUT2D eigenvalue weighted by molar-refractivity contribution is 6.34. The summed E-state index contributed by atoms with van der Waals surface area (Å²) in [5.41, 5.74) is 1.82. The molecule has 9 heteroatoms. The van der Waals surface area contributed by atoms with Crippen LogP contribution < -0.4 is 15.1 Å². The third kappa shape index (κ3) is 4.87. The van der Waals surface area contributed by atoms with E-state index in [1.54, 1.807) is 6.07 Å². The first-order valence-corrected chi connectivity index (χ1v) is 13.6. The highest BCUT2D eigenvalue weighted by Gasteiger charge is 2.34. The molecule has 2 aliphatic heterocycles. The van der Waals surface area contributed by atoms with E-state index in [4.69, 9.17) is 16.6 Å². The number of phenolic OH excluding ortho intramolecular Hbond substituents is 1. The molecule has 2 bridgehead atoms. The first kappa shape index (κ1) is 25.8. The molecule has 2 saturated heterocycles. The molecule has 202 valence electrons. The summed E-state index contributed by atoms with van der Waals surface area (Å²) in [7, 11) is 3.99. The van der Waals surface area contributed by atoms with E-state index in [9.17, 15) is 9.50 Å². The third-order valence-corrected chi connectivity index (χ3v) is 8.03. The molecule has 0 unspecified atom stereocenters. The summed E-state index contributed by atoms with van der Waals surface area (Å²) in [5.74, 6) is -0.771. The number of fused-ring (bicyclic) bond motifs is 3. The fourth-order valence-electron chi connectivity index (χ4n) is 5.78. The SMILES string of the molecule is CN(C)c1cccc(CCc2nc(N3C[C@H]4CC[C@@H](C3)N4)c3cc(Cl)c(-c4c(O)cccc4F)c(F)c3n2)c1. The van der Waals surface area contributed by atoms with Crippen molar-refractivity contribution in [1.29, 1.82) is 0 Å². The molecule has 4 aromatic rings. The number of piperazine rings is 1. The minimum Gasteiger partial charge on any atom is -0.507 e. The Morgan fingerprint density at radius 3 is 2.46 bits per heavy atom. The Kier molecular flexibility index (Phi) is 6.77. The van der Waals surface area contributed by atoms with Gasteiger partial charge < -0.3 is 20.2 Å². The van der Waals surface area contributed by atoms with Crippen molar-refractivity contribution in [2.75, 3.05) is 37.0 Å². The molecule has 2 fully saturated rings. The lowest BCUT2D eigenvalue weighted by Crippen LogP contribution is -2.51. The number of aryl methyl sites for hydroxylation is 2. The van der Waals surface area contributed by atoms with Crippen LogP contribution in [-0.2, 0) is 12.8 Å². The molecule has 0 saturated carbocycles. The van der Waals surface area contributed by atoms with Gasteiger partial charge in [0, 0.05) is 62.3 Å². The Labute approximate surface area is 231 Å². The number of benzene rings is 3. The number of aromatic hydroxyl groups is 1. The van der Waals surface area contributed by atoms with E-state index in [1.807, 2.05) is 31.1 Å². The molecule has 1 aromatic heterocycles. The van der Waals surface area contributed by atoms with Crippen LogP contribution in [0.2, 0.25) is 5.02 Å². The van der Waals surface area contributed by atoms with Crippen molar-refractivity contribution >= 4 is 34.0 Å². The van der Waals surface area contributed by atoms with Crippen molar-refractivity contribution in [2.24, 2.45) is 0 Å². The minimum atomic E-state index is -0.768. The van der Waals surface area contributed by atoms with Gasteiger partial charge in [0.05, 0.1) is 10.6 Å². The van der Waals surface area contributed by atoms with E-state index in [0.717, 1.165) is 37.2 Å². The van der Waals surface area contributed by atoms with Crippen LogP contribution in [-0.4, -0.2) is 54.3 Å². The summed E-state index contributed by atoms with van der Waals surface area (Å²) in [5, 5.41) is 14.5. The summed E-state index contributed by atoms with van der Waals surface area (Å²) < 4.78 is 31.1. The van der Waals surface area contributed by atoms with Gasteiger partial charge in [-0.1, -0.05) is 29.8 Å². The first-order valence-electron chi connectivity index (χ1n) is 13.2. The van der Waals surface area contributed by atoms with Crippen molar-refractivity contribution in [3.05, 3.63) is 76.6 Å². The van der Waals surface area contributed by atoms with Crippen LogP contribution in [0.4, 0.5) is 20.3 Å². The van der Waals surface area contributed by atoms with Crippen molar-refractivity contribution in [3.63, 3.8) is 0 Å². The average Bonchev–Trinajstić information content (AvgIpc) is 3.26. The lowest BCUT2D eigenvalue weighted by atomic mass is 10.0. The molecule has 0 aliphatic carbocycles. The maximum Gasteiger partial charge on any atom is 0.159 e. The summed E-state index contributed by atoms with van der Waals surface area (Å²) in [6.07, 6.45) is 3.35. The van der Waals surface area contributed by atoms with Crippen molar-refractivity contribution in [1.82, 2.24) is 15.3 Å². The molecule has 39 heavy (non-hydrogen) atoms. The number of rotatable bonds is 6. The van der Waals surface area contributed by atoms with Crippen LogP contribution in [0, 0.1) is 11.6 Å². The van der Waals surface area contributed by atoms with Crippen molar-refractivity contribution in [2.45, 2.75) is 37.8 Å². The third-order valence-electron chi connectivity index (χ3n) is 7.73. The first-order chi connectivity index (χ1) is 18.8. The van der Waals surface area contributed by atoms with Gasteiger partial charge in [-0.25, -0.2) is 18.7 Å². The van der Waals surface area contributed by atoms with Gasteiger partial charge in [0.25, 0.3) is 0 Å². The topological polar surface area (TPSA) is 64.5 Å². The summed E-state index contributed by atoms with van der Waals surface area (Å²) in [6, 6.07) is 14.4. The number of nitrogens with zero attached hydrogens (tertiary/aromatic N) is 4. The smallest absolute Gasteiger partial charge is 0.159 e. The minimum absolute atomic E-state index is 0.00314. The Bertz CT molecular complexity index is 1530. The van der Waals surface area contributed by atoms with Crippen LogP contribution in [0.1, 0.15) is 24.2 Å². The molecule has 2 N–H and O–H groups in total. The quantitative estimate of drug-likeness (QED) is 0.320. The maximum absolute atomic E-state index is 16.3. The van der Waals surface area contributed by atoms with Crippen LogP contribution in [0.3, 0.4) is 0 Å². The van der Waals surface area contributed by atoms with Crippen molar-refractivity contribution < 1.29 is 13.9 Å². The van der Waals surface area contributed by atoms with E-state index in [0.29, 0.717) is 42.0 Å². The lowest BCUT2D eigenvalue weighted by molar-refractivity contribution is 0.463. The van der Waals surface area contributed by atoms with Crippen LogP contribution in [0.25, 0.3) is 22.0 Å². The molecular weight excluding hydrogens is 520 g/mol. The van der Waals surface area contributed by atoms with E-state index in [-0.39, 0.29) is 27.4 Å². The number of anilines is 2.